The van der Waals surface area contributed by atoms with Crippen molar-refractivity contribution < 1.29 is 4.74 Å². The van der Waals surface area contributed by atoms with Gasteiger partial charge in [0.05, 0.1) is 7.11 Å². The highest BCUT2D eigenvalue weighted by Gasteiger charge is 2.00. The summed E-state index contributed by atoms with van der Waals surface area (Å²) < 4.78 is 5.18. The number of aryl methyl sites for hydroxylation is 3. The van der Waals surface area contributed by atoms with Gasteiger partial charge in [-0.1, -0.05) is 44.4 Å². The van der Waals surface area contributed by atoms with Crippen LogP contribution in [-0.4, -0.2) is 12.1 Å². The van der Waals surface area contributed by atoms with E-state index in [0.29, 0.717) is 0 Å². The lowest BCUT2D eigenvalue weighted by atomic mass is 10.1. The second-order valence-electron chi connectivity index (χ2n) is 5.82. The normalized spacial score (nSPS) is 10.6. The third-order valence-corrected chi connectivity index (χ3v) is 4.03. The standard InChI is InChI=1S/C20H27NO/c1-3-4-5-6-7-18-9-13-19(21-16-18)12-8-17-10-14-20(22-2)15-11-17/h9-11,13-16H,3-8,12H2,1-2H3. The van der Waals surface area contributed by atoms with Crippen molar-refractivity contribution in [3.8, 4) is 5.75 Å². The minimum absolute atomic E-state index is 0.911. The number of hydrogen-bond acceptors (Lipinski definition) is 2. The molecule has 0 aliphatic rings. The van der Waals surface area contributed by atoms with E-state index < -0.39 is 0 Å². The zero-order valence-corrected chi connectivity index (χ0v) is 13.8. The molecule has 1 aromatic heterocycles. The van der Waals surface area contributed by atoms with Gasteiger partial charge in [-0.15, -0.1) is 0 Å². The highest BCUT2D eigenvalue weighted by Crippen LogP contribution is 2.13. The van der Waals surface area contributed by atoms with Gasteiger partial charge < -0.3 is 4.74 Å². The largest absolute Gasteiger partial charge is 0.497 e. The van der Waals surface area contributed by atoms with E-state index in [1.807, 2.05) is 12.1 Å². The van der Waals surface area contributed by atoms with Gasteiger partial charge in [-0.25, -0.2) is 0 Å². The number of aromatic nitrogens is 1. The fraction of sp³-hybridized carbons (Fsp3) is 0.450. The van der Waals surface area contributed by atoms with Gasteiger partial charge in [0.1, 0.15) is 5.75 Å². The van der Waals surface area contributed by atoms with Crippen LogP contribution in [0.2, 0.25) is 0 Å². The monoisotopic (exact) mass is 297 g/mol. The Morgan fingerprint density at radius 1 is 0.818 bits per heavy atom. The van der Waals surface area contributed by atoms with Crippen LogP contribution in [0.1, 0.15) is 49.4 Å². The highest BCUT2D eigenvalue weighted by atomic mass is 16.5. The zero-order chi connectivity index (χ0) is 15.6. The third-order valence-electron chi connectivity index (χ3n) is 4.03. The second-order valence-corrected chi connectivity index (χ2v) is 5.82. The number of benzene rings is 1. The maximum atomic E-state index is 5.18. The van der Waals surface area contributed by atoms with Gasteiger partial charge in [-0.2, -0.15) is 0 Å². The molecular formula is C20H27NO. The predicted octanol–water partition coefficient (Wildman–Crippen LogP) is 5.00. The number of ether oxygens (including phenoxy) is 1. The fourth-order valence-electron chi connectivity index (χ4n) is 2.57. The van der Waals surface area contributed by atoms with Crippen LogP contribution in [0.15, 0.2) is 42.6 Å². The molecule has 0 bridgehead atoms. The summed E-state index contributed by atoms with van der Waals surface area (Å²) in [6, 6.07) is 12.7. The molecule has 0 radical (unpaired) electrons. The second kappa shape index (κ2) is 9.24. The molecule has 0 amide bonds. The molecule has 0 fully saturated rings. The minimum atomic E-state index is 0.911. The molecule has 0 unspecified atom stereocenters. The number of methoxy groups -OCH3 is 1. The van der Waals surface area contributed by atoms with Crippen LogP contribution in [0.5, 0.6) is 5.75 Å². The smallest absolute Gasteiger partial charge is 0.118 e. The van der Waals surface area contributed by atoms with Gasteiger partial charge in [0.2, 0.25) is 0 Å². The Bertz CT molecular complexity index is 531. The molecule has 0 aliphatic carbocycles. The molecule has 118 valence electrons. The third kappa shape index (κ3) is 5.51. The summed E-state index contributed by atoms with van der Waals surface area (Å²) in [6.07, 6.45) is 10.5. The summed E-state index contributed by atoms with van der Waals surface area (Å²) in [6.45, 7) is 2.25. The molecule has 0 saturated heterocycles. The molecule has 0 saturated carbocycles. The minimum Gasteiger partial charge on any atom is -0.497 e. The van der Waals surface area contributed by atoms with E-state index >= 15 is 0 Å². The summed E-state index contributed by atoms with van der Waals surface area (Å²) in [5.41, 5.74) is 3.86. The van der Waals surface area contributed by atoms with Crippen molar-refractivity contribution in [2.45, 2.75) is 51.9 Å². The van der Waals surface area contributed by atoms with Gasteiger partial charge >= 0.3 is 0 Å². The summed E-state index contributed by atoms with van der Waals surface area (Å²) in [5, 5.41) is 0. The number of rotatable bonds is 9. The average Bonchev–Trinajstić information content (AvgIpc) is 2.58. The molecule has 0 N–H and O–H groups in total. The molecule has 2 nitrogen and oxygen atoms in total. The zero-order valence-electron chi connectivity index (χ0n) is 13.8. The van der Waals surface area contributed by atoms with Gasteiger partial charge in [0.25, 0.3) is 0 Å². The van der Waals surface area contributed by atoms with E-state index in [9.17, 15) is 0 Å². The topological polar surface area (TPSA) is 22.1 Å². The van der Waals surface area contributed by atoms with E-state index in [0.717, 1.165) is 25.0 Å². The summed E-state index contributed by atoms with van der Waals surface area (Å²) in [7, 11) is 1.70. The predicted molar refractivity (Wildman–Crippen MR) is 92.5 cm³/mol. The Labute approximate surface area is 134 Å². The summed E-state index contributed by atoms with van der Waals surface area (Å²) in [5.74, 6) is 0.911. The maximum absolute atomic E-state index is 5.18. The highest BCUT2D eigenvalue weighted by molar-refractivity contribution is 5.27. The molecule has 0 spiro atoms. The van der Waals surface area contributed by atoms with Crippen molar-refractivity contribution in [1.29, 1.82) is 0 Å². The first-order valence-electron chi connectivity index (χ1n) is 8.38. The van der Waals surface area contributed by atoms with Gasteiger partial charge in [-0.3, -0.25) is 4.98 Å². The lowest BCUT2D eigenvalue weighted by Gasteiger charge is -2.05. The van der Waals surface area contributed by atoms with Crippen LogP contribution in [0.3, 0.4) is 0 Å². The fourth-order valence-corrected chi connectivity index (χ4v) is 2.57. The van der Waals surface area contributed by atoms with Crippen molar-refractivity contribution in [1.82, 2.24) is 4.98 Å². The Morgan fingerprint density at radius 2 is 1.59 bits per heavy atom. The Morgan fingerprint density at radius 3 is 2.23 bits per heavy atom. The van der Waals surface area contributed by atoms with Crippen molar-refractivity contribution in [2.24, 2.45) is 0 Å². The van der Waals surface area contributed by atoms with E-state index in [4.69, 9.17) is 4.74 Å². The summed E-state index contributed by atoms with van der Waals surface area (Å²) >= 11 is 0. The molecule has 1 aromatic carbocycles. The SMILES string of the molecule is CCCCCCc1ccc(CCc2ccc(OC)cc2)nc1. The van der Waals surface area contributed by atoms with Gasteiger partial charge in [0, 0.05) is 11.9 Å². The number of nitrogens with zero attached hydrogens (tertiary/aromatic N) is 1. The first-order chi connectivity index (χ1) is 10.8. The molecule has 1 heterocycles. The molecule has 0 atom stereocenters. The molecule has 2 rings (SSSR count). The average molecular weight is 297 g/mol. The Kier molecular flexibility index (Phi) is 6.95. The lowest BCUT2D eigenvalue weighted by molar-refractivity contribution is 0.414. The van der Waals surface area contributed by atoms with E-state index in [-0.39, 0.29) is 0 Å². The number of pyridine rings is 1. The number of hydrogen-bond donors (Lipinski definition) is 0. The lowest BCUT2D eigenvalue weighted by Crippen LogP contribution is -1.96. The van der Waals surface area contributed by atoms with Crippen LogP contribution < -0.4 is 4.74 Å². The number of unbranched alkanes of at least 4 members (excludes halogenated alkanes) is 3. The first-order valence-corrected chi connectivity index (χ1v) is 8.38. The Hall–Kier alpha value is -1.83. The van der Waals surface area contributed by atoms with Crippen LogP contribution in [0, 0.1) is 0 Å². The first kappa shape index (κ1) is 16.5. The van der Waals surface area contributed by atoms with Crippen LogP contribution in [0.25, 0.3) is 0 Å². The summed E-state index contributed by atoms with van der Waals surface area (Å²) in [4.78, 5) is 4.60. The van der Waals surface area contributed by atoms with Crippen LogP contribution in [-0.2, 0) is 19.3 Å². The van der Waals surface area contributed by atoms with Crippen LogP contribution in [0.4, 0.5) is 0 Å². The molecule has 0 aliphatic heterocycles. The van der Waals surface area contributed by atoms with Crippen molar-refractivity contribution >= 4 is 0 Å². The van der Waals surface area contributed by atoms with E-state index in [1.165, 1.54) is 42.5 Å². The molecular weight excluding hydrogens is 270 g/mol. The van der Waals surface area contributed by atoms with Crippen molar-refractivity contribution in [3.05, 3.63) is 59.4 Å². The Balaban J connectivity index is 1.78. The van der Waals surface area contributed by atoms with E-state index in [1.54, 1.807) is 7.11 Å². The van der Waals surface area contributed by atoms with Gasteiger partial charge in [-0.05, 0) is 55.0 Å². The van der Waals surface area contributed by atoms with E-state index in [2.05, 4.69) is 42.4 Å². The van der Waals surface area contributed by atoms with Crippen molar-refractivity contribution in [2.75, 3.05) is 7.11 Å². The maximum Gasteiger partial charge on any atom is 0.118 e. The molecule has 2 aromatic rings. The quantitative estimate of drug-likeness (QED) is 0.608. The molecule has 2 heteroatoms. The van der Waals surface area contributed by atoms with Crippen molar-refractivity contribution in [3.63, 3.8) is 0 Å². The molecule has 22 heavy (non-hydrogen) atoms. The van der Waals surface area contributed by atoms with Crippen LogP contribution >= 0.6 is 0 Å². The van der Waals surface area contributed by atoms with Gasteiger partial charge in [0.15, 0.2) is 0 Å².